The van der Waals surface area contributed by atoms with Gasteiger partial charge >= 0.3 is 0 Å². The van der Waals surface area contributed by atoms with Crippen molar-refractivity contribution in [1.29, 1.82) is 0 Å². The SMILES string of the molecule is CCN(C(C)COC)C(CN)c1ccc(Br)c(C)c1. The van der Waals surface area contributed by atoms with Crippen LogP contribution in [0.4, 0.5) is 0 Å². The van der Waals surface area contributed by atoms with Gasteiger partial charge in [-0.25, -0.2) is 0 Å². The number of hydrogen-bond donors (Lipinski definition) is 1. The van der Waals surface area contributed by atoms with Crippen LogP contribution in [0.25, 0.3) is 0 Å². The molecule has 108 valence electrons. The average Bonchev–Trinajstić information content (AvgIpc) is 2.39. The van der Waals surface area contributed by atoms with Crippen LogP contribution in [0.2, 0.25) is 0 Å². The molecular formula is C15H25BrN2O. The summed E-state index contributed by atoms with van der Waals surface area (Å²) < 4.78 is 6.41. The molecule has 1 aromatic carbocycles. The highest BCUT2D eigenvalue weighted by Gasteiger charge is 2.22. The second kappa shape index (κ2) is 8.00. The van der Waals surface area contributed by atoms with E-state index in [-0.39, 0.29) is 6.04 Å². The quantitative estimate of drug-likeness (QED) is 0.835. The predicted molar refractivity (Wildman–Crippen MR) is 84.4 cm³/mol. The smallest absolute Gasteiger partial charge is 0.0615 e. The average molecular weight is 329 g/mol. The molecule has 0 spiro atoms. The van der Waals surface area contributed by atoms with Gasteiger partial charge < -0.3 is 10.5 Å². The predicted octanol–water partition coefficient (Wildman–Crippen LogP) is 3.11. The van der Waals surface area contributed by atoms with E-state index in [9.17, 15) is 0 Å². The summed E-state index contributed by atoms with van der Waals surface area (Å²) in [7, 11) is 1.74. The molecule has 0 saturated carbocycles. The number of hydrogen-bond acceptors (Lipinski definition) is 3. The van der Waals surface area contributed by atoms with Crippen LogP contribution < -0.4 is 5.73 Å². The van der Waals surface area contributed by atoms with Crippen LogP contribution in [0.1, 0.15) is 31.0 Å². The molecule has 2 unspecified atom stereocenters. The van der Waals surface area contributed by atoms with E-state index in [1.807, 2.05) is 0 Å². The van der Waals surface area contributed by atoms with Crippen LogP contribution in [-0.2, 0) is 4.74 Å². The lowest BCUT2D eigenvalue weighted by Gasteiger charge is -2.35. The number of rotatable bonds is 7. The van der Waals surface area contributed by atoms with Gasteiger partial charge in [-0.3, -0.25) is 4.90 Å². The molecule has 0 aliphatic heterocycles. The highest BCUT2D eigenvalue weighted by atomic mass is 79.9. The van der Waals surface area contributed by atoms with Crippen LogP contribution >= 0.6 is 15.9 Å². The van der Waals surface area contributed by atoms with Crippen molar-refractivity contribution in [2.75, 3.05) is 26.8 Å². The topological polar surface area (TPSA) is 38.5 Å². The Morgan fingerprint density at radius 3 is 2.58 bits per heavy atom. The Morgan fingerprint density at radius 1 is 1.42 bits per heavy atom. The first-order valence-electron chi connectivity index (χ1n) is 6.75. The molecule has 0 saturated heterocycles. The molecule has 19 heavy (non-hydrogen) atoms. The van der Waals surface area contributed by atoms with Crippen molar-refractivity contribution < 1.29 is 4.74 Å². The van der Waals surface area contributed by atoms with Gasteiger partial charge in [0.15, 0.2) is 0 Å². The highest BCUT2D eigenvalue weighted by Crippen LogP contribution is 2.26. The largest absolute Gasteiger partial charge is 0.383 e. The summed E-state index contributed by atoms with van der Waals surface area (Å²) in [5, 5.41) is 0. The third kappa shape index (κ3) is 4.28. The van der Waals surface area contributed by atoms with Gasteiger partial charge in [0.2, 0.25) is 0 Å². The van der Waals surface area contributed by atoms with E-state index in [4.69, 9.17) is 10.5 Å². The van der Waals surface area contributed by atoms with Crippen LogP contribution in [0, 0.1) is 6.92 Å². The molecule has 0 radical (unpaired) electrons. The summed E-state index contributed by atoms with van der Waals surface area (Å²) in [5.41, 5.74) is 8.52. The van der Waals surface area contributed by atoms with Crippen molar-refractivity contribution in [2.45, 2.75) is 32.9 Å². The van der Waals surface area contributed by atoms with Crippen molar-refractivity contribution in [3.63, 3.8) is 0 Å². The van der Waals surface area contributed by atoms with Crippen molar-refractivity contribution in [2.24, 2.45) is 5.73 Å². The Balaban J connectivity index is 2.99. The Kier molecular flexibility index (Phi) is 7.00. The molecule has 0 heterocycles. The van der Waals surface area contributed by atoms with Gasteiger partial charge in [0.05, 0.1) is 6.61 Å². The van der Waals surface area contributed by atoms with Gasteiger partial charge in [0.1, 0.15) is 0 Å². The monoisotopic (exact) mass is 328 g/mol. The van der Waals surface area contributed by atoms with E-state index in [1.54, 1.807) is 7.11 Å². The second-order valence-corrected chi connectivity index (χ2v) is 5.75. The molecule has 0 bridgehead atoms. The van der Waals surface area contributed by atoms with Crippen molar-refractivity contribution in [1.82, 2.24) is 4.90 Å². The zero-order valence-electron chi connectivity index (χ0n) is 12.3. The normalized spacial score (nSPS) is 14.7. The number of ether oxygens (including phenoxy) is 1. The molecule has 1 aromatic rings. The lowest BCUT2D eigenvalue weighted by atomic mass is 10.0. The van der Waals surface area contributed by atoms with Gasteiger partial charge in [0.25, 0.3) is 0 Å². The number of aryl methyl sites for hydroxylation is 1. The summed E-state index contributed by atoms with van der Waals surface area (Å²) in [6, 6.07) is 7.05. The zero-order chi connectivity index (χ0) is 14.4. The maximum Gasteiger partial charge on any atom is 0.0615 e. The number of halogens is 1. The van der Waals surface area contributed by atoms with Gasteiger partial charge in [-0.2, -0.15) is 0 Å². The maximum atomic E-state index is 6.01. The fourth-order valence-corrected chi connectivity index (χ4v) is 2.76. The van der Waals surface area contributed by atoms with Crippen molar-refractivity contribution >= 4 is 15.9 Å². The summed E-state index contributed by atoms with van der Waals surface area (Å²) in [4.78, 5) is 2.40. The van der Waals surface area contributed by atoms with E-state index < -0.39 is 0 Å². The number of likely N-dealkylation sites (N-methyl/N-ethyl adjacent to an activating group) is 1. The minimum Gasteiger partial charge on any atom is -0.383 e. The van der Waals surface area contributed by atoms with Crippen LogP contribution in [0.5, 0.6) is 0 Å². The Bertz CT molecular complexity index is 398. The fourth-order valence-electron chi connectivity index (χ4n) is 2.51. The standard InChI is InChI=1S/C15H25BrN2O/c1-5-18(12(3)10-19-4)15(9-17)13-6-7-14(16)11(2)8-13/h6-8,12,15H,5,9-10,17H2,1-4H3. The molecule has 2 N–H and O–H groups in total. The van der Waals surface area contributed by atoms with Crippen molar-refractivity contribution in [3.8, 4) is 0 Å². The highest BCUT2D eigenvalue weighted by molar-refractivity contribution is 9.10. The summed E-state index contributed by atoms with van der Waals surface area (Å²) in [5.74, 6) is 0. The fraction of sp³-hybridized carbons (Fsp3) is 0.600. The van der Waals surface area contributed by atoms with E-state index >= 15 is 0 Å². The summed E-state index contributed by atoms with van der Waals surface area (Å²) in [6.45, 7) is 8.75. The lowest BCUT2D eigenvalue weighted by molar-refractivity contribution is 0.0751. The Hall–Kier alpha value is -0.420. The maximum absolute atomic E-state index is 6.01. The Labute approximate surface area is 125 Å². The summed E-state index contributed by atoms with van der Waals surface area (Å²) in [6.07, 6.45) is 0. The van der Waals surface area contributed by atoms with E-state index in [0.29, 0.717) is 12.6 Å². The van der Waals surface area contributed by atoms with Crippen LogP contribution in [0.3, 0.4) is 0 Å². The van der Waals surface area contributed by atoms with Crippen LogP contribution in [-0.4, -0.2) is 37.7 Å². The molecule has 0 fully saturated rings. The second-order valence-electron chi connectivity index (χ2n) is 4.89. The van der Waals surface area contributed by atoms with E-state index in [1.165, 1.54) is 11.1 Å². The van der Waals surface area contributed by atoms with Crippen LogP contribution in [0.15, 0.2) is 22.7 Å². The molecule has 0 aliphatic carbocycles. The van der Waals surface area contributed by atoms with Gasteiger partial charge in [-0.1, -0.05) is 35.0 Å². The third-order valence-corrected chi connectivity index (χ3v) is 4.42. The molecule has 2 atom stereocenters. The molecule has 0 amide bonds. The van der Waals surface area contributed by atoms with Gasteiger partial charge in [-0.05, 0) is 37.6 Å². The molecule has 4 heteroatoms. The third-order valence-electron chi connectivity index (χ3n) is 3.53. The molecule has 1 rings (SSSR count). The number of nitrogens with two attached hydrogens (primary N) is 1. The first kappa shape index (κ1) is 16.6. The first-order chi connectivity index (χ1) is 9.04. The Morgan fingerprint density at radius 2 is 2.11 bits per heavy atom. The molecule has 0 aromatic heterocycles. The number of methoxy groups -OCH3 is 1. The van der Waals surface area contributed by atoms with Gasteiger partial charge in [0, 0.05) is 30.2 Å². The first-order valence-corrected chi connectivity index (χ1v) is 7.55. The number of benzene rings is 1. The minimum atomic E-state index is 0.238. The van der Waals surface area contributed by atoms with Crippen molar-refractivity contribution in [3.05, 3.63) is 33.8 Å². The number of nitrogens with zero attached hydrogens (tertiary/aromatic N) is 1. The molecular weight excluding hydrogens is 304 g/mol. The van der Waals surface area contributed by atoms with E-state index in [2.05, 4.69) is 59.8 Å². The lowest BCUT2D eigenvalue weighted by Crippen LogP contribution is -2.42. The molecule has 3 nitrogen and oxygen atoms in total. The minimum absolute atomic E-state index is 0.238. The zero-order valence-corrected chi connectivity index (χ0v) is 13.9. The van der Waals surface area contributed by atoms with Gasteiger partial charge in [-0.15, -0.1) is 0 Å². The van der Waals surface area contributed by atoms with E-state index in [0.717, 1.165) is 17.6 Å². The molecule has 0 aliphatic rings. The summed E-state index contributed by atoms with van der Waals surface area (Å²) >= 11 is 3.54.